The van der Waals surface area contributed by atoms with Crippen LogP contribution in [0.1, 0.15) is 21.9 Å². The maximum absolute atomic E-state index is 8.94. The number of benzene rings is 2. The van der Waals surface area contributed by atoms with E-state index >= 15 is 0 Å². The van der Waals surface area contributed by atoms with Gasteiger partial charge in [-0.15, -0.1) is 0 Å². The smallest absolute Gasteiger partial charge is 0.190 e. The predicted octanol–water partition coefficient (Wildman–Crippen LogP) is 4.47. The average Bonchev–Trinajstić information content (AvgIpc) is 2.61. The molecule has 0 aliphatic heterocycles. The maximum atomic E-state index is 8.94. The van der Waals surface area contributed by atoms with Gasteiger partial charge in [-0.1, -0.05) is 65.8 Å². The summed E-state index contributed by atoms with van der Waals surface area (Å²) in [5.74, 6) is 0.193. The highest BCUT2D eigenvalue weighted by Gasteiger charge is 2.18. The minimum Gasteiger partial charge on any atom is -0.382 e. The molecule has 0 spiro atoms. The van der Waals surface area contributed by atoms with Crippen LogP contribution < -0.4 is 5.73 Å². The van der Waals surface area contributed by atoms with E-state index in [0.717, 1.165) is 11.1 Å². The van der Waals surface area contributed by atoms with Gasteiger partial charge in [0.1, 0.15) is 17.5 Å². The fourth-order valence-corrected chi connectivity index (χ4v) is 3.41. The Kier molecular flexibility index (Phi) is 4.99. The molecule has 1 unspecified atom stereocenters. The molecule has 24 heavy (non-hydrogen) atoms. The van der Waals surface area contributed by atoms with E-state index in [9.17, 15) is 0 Å². The number of nitrogens with two attached hydrogens (primary N) is 1. The molecule has 0 radical (unpaired) electrons. The summed E-state index contributed by atoms with van der Waals surface area (Å²) in [6.45, 7) is 0. The highest BCUT2D eigenvalue weighted by atomic mass is 35.5. The van der Waals surface area contributed by atoms with Gasteiger partial charge >= 0.3 is 0 Å². The molecule has 0 aliphatic carbocycles. The first kappa shape index (κ1) is 16.3. The molecule has 0 fully saturated rings. The van der Waals surface area contributed by atoms with Crippen LogP contribution in [0, 0.1) is 11.3 Å². The Hall–Kier alpha value is -2.55. The monoisotopic (exact) mass is 352 g/mol. The molecule has 0 saturated heterocycles. The number of nitrogen functional groups attached to an aromatic ring is 1. The van der Waals surface area contributed by atoms with Crippen molar-refractivity contribution in [2.75, 3.05) is 5.73 Å². The topological polar surface area (TPSA) is 75.6 Å². The number of hydrogen-bond donors (Lipinski definition) is 1. The second-order valence-corrected chi connectivity index (χ2v) is 6.53. The summed E-state index contributed by atoms with van der Waals surface area (Å²) < 4.78 is 0. The second-order valence-electron chi connectivity index (χ2n) is 5.02. The lowest BCUT2D eigenvalue weighted by Crippen LogP contribution is -2.02. The highest BCUT2D eigenvalue weighted by molar-refractivity contribution is 7.99. The van der Waals surface area contributed by atoms with E-state index in [2.05, 4.69) is 22.1 Å². The first-order valence-electron chi connectivity index (χ1n) is 7.17. The molecular formula is C18H13ClN4S. The third kappa shape index (κ3) is 3.67. The van der Waals surface area contributed by atoms with Crippen LogP contribution in [0.2, 0.25) is 5.02 Å². The van der Waals surface area contributed by atoms with Gasteiger partial charge in [0.25, 0.3) is 0 Å². The largest absolute Gasteiger partial charge is 0.382 e. The number of nitriles is 1. The molecule has 1 atom stereocenters. The van der Waals surface area contributed by atoms with Crippen LogP contribution in [0.15, 0.2) is 66.0 Å². The average molecular weight is 353 g/mol. The number of rotatable bonds is 4. The van der Waals surface area contributed by atoms with Gasteiger partial charge in [0.15, 0.2) is 5.16 Å². The van der Waals surface area contributed by atoms with Gasteiger partial charge in [-0.3, -0.25) is 0 Å². The quantitative estimate of drug-likeness (QED) is 0.554. The summed E-state index contributed by atoms with van der Waals surface area (Å²) in [5, 5.41) is 10.2. The summed E-state index contributed by atoms with van der Waals surface area (Å²) in [4.78, 5) is 8.48. The Morgan fingerprint density at radius 2 is 1.71 bits per heavy atom. The van der Waals surface area contributed by atoms with E-state index in [-0.39, 0.29) is 16.6 Å². The van der Waals surface area contributed by atoms with E-state index in [1.165, 1.54) is 18.0 Å². The van der Waals surface area contributed by atoms with Crippen molar-refractivity contribution in [3.05, 3.63) is 82.5 Å². The van der Waals surface area contributed by atoms with Crippen LogP contribution in [0.3, 0.4) is 0 Å². The number of anilines is 1. The van der Waals surface area contributed by atoms with Crippen molar-refractivity contribution in [2.45, 2.75) is 10.4 Å². The number of thioether (sulfide) groups is 1. The molecule has 1 heterocycles. The summed E-state index contributed by atoms with van der Waals surface area (Å²) in [6.07, 6.45) is 1.45. The standard InChI is InChI=1S/C18H13ClN4S/c19-15-8-6-13(7-9-15)16(12-4-2-1-3-5-12)24-18-22-11-14(10-20)17(21)23-18/h1-9,11,16H,(H2,21,22,23). The van der Waals surface area contributed by atoms with Crippen LogP contribution >= 0.6 is 23.4 Å². The fourth-order valence-electron chi connectivity index (χ4n) is 2.22. The molecule has 0 amide bonds. The van der Waals surface area contributed by atoms with Crippen molar-refractivity contribution in [2.24, 2.45) is 0 Å². The highest BCUT2D eigenvalue weighted by Crippen LogP contribution is 2.39. The van der Waals surface area contributed by atoms with Gasteiger partial charge in [0, 0.05) is 5.02 Å². The number of halogens is 1. The van der Waals surface area contributed by atoms with Gasteiger partial charge < -0.3 is 5.73 Å². The van der Waals surface area contributed by atoms with Crippen LogP contribution in [-0.2, 0) is 0 Å². The van der Waals surface area contributed by atoms with Crippen molar-refractivity contribution in [1.29, 1.82) is 5.26 Å². The zero-order valence-corrected chi connectivity index (χ0v) is 14.1. The molecule has 118 valence electrons. The van der Waals surface area contributed by atoms with Gasteiger partial charge in [0.2, 0.25) is 0 Å². The van der Waals surface area contributed by atoms with Crippen LogP contribution in [0.25, 0.3) is 0 Å². The van der Waals surface area contributed by atoms with Gasteiger partial charge in [-0.05, 0) is 23.3 Å². The zero-order chi connectivity index (χ0) is 16.9. The third-order valence-electron chi connectivity index (χ3n) is 3.41. The Bertz CT molecular complexity index is 876. The van der Waals surface area contributed by atoms with Gasteiger partial charge in [-0.2, -0.15) is 5.26 Å². The van der Waals surface area contributed by atoms with Gasteiger partial charge in [0.05, 0.1) is 11.4 Å². The minimum absolute atomic E-state index is 0.00389. The first-order valence-corrected chi connectivity index (χ1v) is 8.43. The molecule has 3 aromatic rings. The van der Waals surface area contributed by atoms with Crippen molar-refractivity contribution in [3.8, 4) is 6.07 Å². The van der Waals surface area contributed by atoms with Crippen LogP contribution in [0.4, 0.5) is 5.82 Å². The zero-order valence-electron chi connectivity index (χ0n) is 12.6. The molecule has 2 N–H and O–H groups in total. The summed E-state index contributed by atoms with van der Waals surface area (Å²) in [5.41, 5.74) is 8.29. The second kappa shape index (κ2) is 7.35. The molecule has 3 rings (SSSR count). The molecule has 2 aromatic carbocycles. The minimum atomic E-state index is -0.00389. The normalized spacial score (nSPS) is 11.7. The van der Waals surface area contributed by atoms with E-state index in [1.807, 2.05) is 48.5 Å². The first-order chi connectivity index (χ1) is 11.7. The SMILES string of the molecule is N#Cc1cnc(SC(c2ccccc2)c2ccc(Cl)cc2)nc1N. The molecule has 0 aliphatic rings. The lowest BCUT2D eigenvalue weighted by Gasteiger charge is -2.17. The fraction of sp³-hybridized carbons (Fsp3) is 0.0556. The van der Waals surface area contributed by atoms with Crippen LogP contribution in [-0.4, -0.2) is 9.97 Å². The van der Waals surface area contributed by atoms with E-state index in [1.54, 1.807) is 0 Å². The van der Waals surface area contributed by atoms with Crippen molar-refractivity contribution in [1.82, 2.24) is 9.97 Å². The number of aromatic nitrogens is 2. The Morgan fingerprint density at radius 1 is 1.04 bits per heavy atom. The van der Waals surface area contributed by atoms with E-state index in [4.69, 9.17) is 22.6 Å². The van der Waals surface area contributed by atoms with E-state index in [0.29, 0.717) is 10.2 Å². The molecule has 0 bridgehead atoms. The van der Waals surface area contributed by atoms with Crippen molar-refractivity contribution in [3.63, 3.8) is 0 Å². The summed E-state index contributed by atoms with van der Waals surface area (Å²) in [7, 11) is 0. The Balaban J connectivity index is 1.98. The van der Waals surface area contributed by atoms with Crippen molar-refractivity contribution >= 4 is 29.2 Å². The molecular weight excluding hydrogens is 340 g/mol. The summed E-state index contributed by atoms with van der Waals surface area (Å²) in [6, 6.07) is 19.7. The van der Waals surface area contributed by atoms with E-state index < -0.39 is 0 Å². The number of hydrogen-bond acceptors (Lipinski definition) is 5. The third-order valence-corrected chi connectivity index (χ3v) is 4.85. The van der Waals surface area contributed by atoms with Gasteiger partial charge in [-0.25, -0.2) is 9.97 Å². The Labute approximate surface area is 149 Å². The molecule has 6 heteroatoms. The van der Waals surface area contributed by atoms with Crippen LogP contribution in [0.5, 0.6) is 0 Å². The number of nitrogens with zero attached hydrogens (tertiary/aromatic N) is 3. The lowest BCUT2D eigenvalue weighted by molar-refractivity contribution is 0.960. The predicted molar refractivity (Wildman–Crippen MR) is 96.8 cm³/mol. The molecule has 0 saturated carbocycles. The maximum Gasteiger partial charge on any atom is 0.190 e. The summed E-state index contributed by atoms with van der Waals surface area (Å²) >= 11 is 7.48. The van der Waals surface area contributed by atoms with Crippen molar-refractivity contribution < 1.29 is 0 Å². The lowest BCUT2D eigenvalue weighted by atomic mass is 10.0. The molecule has 4 nitrogen and oxygen atoms in total. The molecule has 1 aromatic heterocycles. The Morgan fingerprint density at radius 3 is 2.33 bits per heavy atom.